The molecule has 1 atom stereocenters. The van der Waals surface area contributed by atoms with E-state index in [1.54, 1.807) is 30.3 Å². The highest BCUT2D eigenvalue weighted by Gasteiger charge is 2.42. The molecular weight excluding hydrogens is 320 g/mol. The van der Waals surface area contributed by atoms with Crippen molar-refractivity contribution in [3.05, 3.63) is 23.9 Å². The van der Waals surface area contributed by atoms with Crippen LogP contribution in [0, 0.1) is 5.41 Å². The molecule has 0 aliphatic carbocycles. The molecule has 2 aliphatic heterocycles. The van der Waals surface area contributed by atoms with Crippen molar-refractivity contribution in [2.75, 3.05) is 45.2 Å². The maximum Gasteiger partial charge on any atom is 0.254 e. The monoisotopic (exact) mass is 346 g/mol. The third kappa shape index (κ3) is 3.76. The average molecular weight is 346 g/mol. The molecule has 2 N–H and O–H groups in total. The van der Waals surface area contributed by atoms with Crippen LogP contribution in [0.3, 0.4) is 0 Å². The number of β-amino-alcohol motifs (C(OH)–C–C–N with tert-alkyl or cyclic N) is 1. The fourth-order valence-corrected chi connectivity index (χ4v) is 4.02. The predicted octanol–water partition coefficient (Wildman–Crippen LogP) is 0.960. The van der Waals surface area contributed by atoms with Gasteiger partial charge in [-0.2, -0.15) is 0 Å². The van der Waals surface area contributed by atoms with Gasteiger partial charge in [0.2, 0.25) is 5.91 Å². The molecular formula is C18H26N4O3. The first-order valence-electron chi connectivity index (χ1n) is 8.89. The van der Waals surface area contributed by atoms with Crippen molar-refractivity contribution in [3.63, 3.8) is 0 Å². The summed E-state index contributed by atoms with van der Waals surface area (Å²) in [7, 11) is 1.78. The van der Waals surface area contributed by atoms with E-state index in [9.17, 15) is 14.7 Å². The second kappa shape index (κ2) is 7.39. The first-order valence-corrected chi connectivity index (χ1v) is 8.89. The molecule has 2 saturated heterocycles. The van der Waals surface area contributed by atoms with Crippen LogP contribution in [-0.2, 0) is 4.79 Å². The molecule has 25 heavy (non-hydrogen) atoms. The third-order valence-corrected chi connectivity index (χ3v) is 5.33. The van der Waals surface area contributed by atoms with Crippen molar-refractivity contribution in [1.29, 1.82) is 0 Å². The van der Waals surface area contributed by atoms with E-state index in [2.05, 4.69) is 10.3 Å². The minimum absolute atomic E-state index is 0.0172. The number of likely N-dealkylation sites (tertiary alicyclic amines) is 2. The van der Waals surface area contributed by atoms with Crippen LogP contribution in [0.25, 0.3) is 0 Å². The Balaban J connectivity index is 1.74. The number of nitrogens with one attached hydrogen (secondary N) is 1. The Hall–Kier alpha value is -2.15. The lowest BCUT2D eigenvalue weighted by atomic mass is 9.73. The Labute approximate surface area is 148 Å². The normalized spacial score (nSPS) is 23.8. The smallest absolute Gasteiger partial charge is 0.254 e. The number of aliphatic hydroxyl groups excluding tert-OH is 1. The number of hydrogen-bond acceptors (Lipinski definition) is 5. The number of pyridine rings is 1. The Kier molecular flexibility index (Phi) is 5.22. The number of carbonyl (C=O) groups is 2. The summed E-state index contributed by atoms with van der Waals surface area (Å²) in [5.41, 5.74) is 0.589. The van der Waals surface area contributed by atoms with Crippen molar-refractivity contribution in [3.8, 4) is 0 Å². The largest absolute Gasteiger partial charge is 0.395 e. The van der Waals surface area contributed by atoms with Gasteiger partial charge < -0.3 is 20.2 Å². The van der Waals surface area contributed by atoms with E-state index >= 15 is 0 Å². The number of rotatable bonds is 4. The topological polar surface area (TPSA) is 85.8 Å². The van der Waals surface area contributed by atoms with Crippen molar-refractivity contribution < 1.29 is 14.7 Å². The van der Waals surface area contributed by atoms with E-state index in [0.717, 1.165) is 25.8 Å². The van der Waals surface area contributed by atoms with Crippen LogP contribution < -0.4 is 5.32 Å². The molecule has 1 unspecified atom stereocenters. The number of carbonyl (C=O) groups excluding carboxylic acids is 2. The summed E-state index contributed by atoms with van der Waals surface area (Å²) in [6.45, 7) is 2.40. The highest BCUT2D eigenvalue weighted by molar-refractivity contribution is 5.95. The summed E-state index contributed by atoms with van der Waals surface area (Å²) in [4.78, 5) is 32.8. The van der Waals surface area contributed by atoms with Gasteiger partial charge in [0.1, 0.15) is 5.82 Å². The fourth-order valence-electron chi connectivity index (χ4n) is 4.02. The molecule has 136 valence electrons. The van der Waals surface area contributed by atoms with Crippen molar-refractivity contribution in [1.82, 2.24) is 14.8 Å². The molecule has 2 amide bonds. The van der Waals surface area contributed by atoms with E-state index in [-0.39, 0.29) is 23.8 Å². The first-order chi connectivity index (χ1) is 12.1. The van der Waals surface area contributed by atoms with Gasteiger partial charge in [0.15, 0.2) is 0 Å². The van der Waals surface area contributed by atoms with Crippen LogP contribution >= 0.6 is 0 Å². The second-order valence-corrected chi connectivity index (χ2v) is 7.05. The average Bonchev–Trinajstić information content (AvgIpc) is 2.65. The predicted molar refractivity (Wildman–Crippen MR) is 94.3 cm³/mol. The summed E-state index contributed by atoms with van der Waals surface area (Å²) < 4.78 is 0. The number of anilines is 1. The number of amides is 2. The van der Waals surface area contributed by atoms with Crippen molar-refractivity contribution >= 4 is 17.6 Å². The molecule has 0 aromatic carbocycles. The summed E-state index contributed by atoms with van der Waals surface area (Å²) in [6, 6.07) is 3.51. The lowest BCUT2D eigenvalue weighted by Crippen LogP contribution is -2.55. The van der Waals surface area contributed by atoms with Gasteiger partial charge in [-0.05, 0) is 31.4 Å². The van der Waals surface area contributed by atoms with Gasteiger partial charge in [-0.1, -0.05) is 0 Å². The number of piperidine rings is 2. The van der Waals surface area contributed by atoms with Crippen molar-refractivity contribution in [2.45, 2.75) is 25.7 Å². The second-order valence-electron chi connectivity index (χ2n) is 7.05. The molecule has 0 radical (unpaired) electrons. The molecule has 0 saturated carbocycles. The number of hydrogen-bond donors (Lipinski definition) is 2. The minimum Gasteiger partial charge on any atom is -0.395 e. The molecule has 2 aliphatic rings. The summed E-state index contributed by atoms with van der Waals surface area (Å²) in [6.07, 6.45) is 4.92. The third-order valence-electron chi connectivity index (χ3n) is 5.33. The molecule has 0 bridgehead atoms. The number of aliphatic hydroxyl groups is 1. The summed E-state index contributed by atoms with van der Waals surface area (Å²) in [5, 5.41) is 12.1. The quantitative estimate of drug-likeness (QED) is 0.848. The van der Waals surface area contributed by atoms with Crippen LogP contribution in [0.15, 0.2) is 18.3 Å². The van der Waals surface area contributed by atoms with Gasteiger partial charge >= 0.3 is 0 Å². The fraction of sp³-hybridized carbons (Fsp3) is 0.611. The Morgan fingerprint density at radius 1 is 1.40 bits per heavy atom. The first kappa shape index (κ1) is 17.7. The Bertz CT molecular complexity index is 651. The Morgan fingerprint density at radius 3 is 3.00 bits per heavy atom. The molecule has 1 aromatic heterocycles. The lowest BCUT2D eigenvalue weighted by Gasteiger charge is -2.48. The summed E-state index contributed by atoms with van der Waals surface area (Å²) >= 11 is 0. The van der Waals surface area contributed by atoms with Gasteiger partial charge in [-0.15, -0.1) is 0 Å². The van der Waals surface area contributed by atoms with Gasteiger partial charge in [-0.3, -0.25) is 9.59 Å². The van der Waals surface area contributed by atoms with E-state index in [1.165, 1.54) is 0 Å². The molecule has 2 fully saturated rings. The highest BCUT2D eigenvalue weighted by atomic mass is 16.3. The number of aromatic nitrogens is 1. The van der Waals surface area contributed by atoms with E-state index in [0.29, 0.717) is 37.4 Å². The zero-order chi connectivity index (χ0) is 17.9. The van der Waals surface area contributed by atoms with E-state index in [1.807, 2.05) is 4.90 Å². The molecule has 3 rings (SSSR count). The SMILES string of the molecule is CNc1cc(C(=O)N2CCCC3(CCC(=O)N(CCO)C3)C2)ccn1. The Morgan fingerprint density at radius 2 is 2.24 bits per heavy atom. The zero-order valence-electron chi connectivity index (χ0n) is 14.7. The van der Waals surface area contributed by atoms with E-state index in [4.69, 9.17) is 0 Å². The standard InChI is InChI=1S/C18H26N4O3/c1-19-15-11-14(4-7-20-15)17(25)22-8-2-5-18(13-22)6-3-16(24)21(12-18)9-10-23/h4,7,11,23H,2-3,5-6,8-10,12-13H2,1H3,(H,19,20). The van der Waals surface area contributed by atoms with Gasteiger partial charge in [0, 0.05) is 56.8 Å². The van der Waals surface area contributed by atoms with Gasteiger partial charge in [-0.25, -0.2) is 4.98 Å². The van der Waals surface area contributed by atoms with Gasteiger partial charge in [0.05, 0.1) is 6.61 Å². The molecule has 7 nitrogen and oxygen atoms in total. The highest BCUT2D eigenvalue weighted by Crippen LogP contribution is 2.39. The maximum absolute atomic E-state index is 12.9. The molecule has 7 heteroatoms. The van der Waals surface area contributed by atoms with Crippen molar-refractivity contribution in [2.24, 2.45) is 5.41 Å². The molecule has 1 spiro atoms. The van der Waals surface area contributed by atoms with Crippen LogP contribution in [0.5, 0.6) is 0 Å². The summed E-state index contributed by atoms with van der Waals surface area (Å²) in [5.74, 6) is 0.800. The van der Waals surface area contributed by atoms with Crippen LogP contribution in [-0.4, -0.2) is 71.5 Å². The lowest BCUT2D eigenvalue weighted by molar-refractivity contribution is -0.139. The van der Waals surface area contributed by atoms with E-state index < -0.39 is 0 Å². The van der Waals surface area contributed by atoms with Gasteiger partial charge in [0.25, 0.3) is 5.91 Å². The van der Waals surface area contributed by atoms with Crippen LogP contribution in [0.1, 0.15) is 36.0 Å². The van der Waals surface area contributed by atoms with Crippen LogP contribution in [0.4, 0.5) is 5.82 Å². The minimum atomic E-state index is -0.0458. The van der Waals surface area contributed by atoms with Crippen LogP contribution in [0.2, 0.25) is 0 Å². The molecule has 3 heterocycles. The zero-order valence-corrected chi connectivity index (χ0v) is 14.7. The molecule has 1 aromatic rings. The number of nitrogens with zero attached hydrogens (tertiary/aromatic N) is 3. The maximum atomic E-state index is 12.9.